The highest BCUT2D eigenvalue weighted by molar-refractivity contribution is 9.10. The maximum atomic E-state index is 13.8. The lowest BCUT2D eigenvalue weighted by molar-refractivity contribution is 0.543. The highest BCUT2D eigenvalue weighted by Crippen LogP contribution is 2.42. The van der Waals surface area contributed by atoms with Crippen molar-refractivity contribution in [1.29, 1.82) is 0 Å². The van der Waals surface area contributed by atoms with Crippen LogP contribution in [-0.2, 0) is 5.41 Å². The van der Waals surface area contributed by atoms with E-state index in [2.05, 4.69) is 41.7 Å². The molecule has 1 fully saturated rings. The van der Waals surface area contributed by atoms with Gasteiger partial charge in [0, 0.05) is 17.0 Å². The molecule has 0 bridgehead atoms. The fourth-order valence-electron chi connectivity index (χ4n) is 1.53. The Morgan fingerprint density at radius 2 is 2.00 bits per heavy atom. The second-order valence-corrected chi connectivity index (χ2v) is 6.07. The topological polar surface area (TPSA) is 12.9 Å². The number of halogens is 2. The molecule has 1 nitrogen and oxygen atoms in total. The van der Waals surface area contributed by atoms with Gasteiger partial charge in [0.05, 0.1) is 10.2 Å². The van der Waals surface area contributed by atoms with E-state index in [1.165, 1.54) is 0 Å². The van der Waals surface area contributed by atoms with Crippen molar-refractivity contribution >= 4 is 15.9 Å². The van der Waals surface area contributed by atoms with Gasteiger partial charge in [-0.25, -0.2) is 4.39 Å². The third kappa shape index (κ3) is 2.22. The molecular formula is C12H15BrFN. The van der Waals surface area contributed by atoms with Crippen molar-refractivity contribution in [3.8, 4) is 0 Å². The molecule has 3 heteroatoms. The van der Waals surface area contributed by atoms with E-state index >= 15 is 0 Å². The number of pyridine rings is 1. The average molecular weight is 272 g/mol. The number of rotatable bonds is 1. The Labute approximate surface area is 98.2 Å². The van der Waals surface area contributed by atoms with Gasteiger partial charge in [-0.2, -0.15) is 0 Å². The summed E-state index contributed by atoms with van der Waals surface area (Å²) in [6.07, 6.45) is 2.15. The summed E-state index contributed by atoms with van der Waals surface area (Å²) in [4.78, 5) is 4.46. The zero-order valence-corrected chi connectivity index (χ0v) is 10.9. The standard InChI is InChI=1S/C12H15BrFN/c1-12(2,3)9-6-8(13)10(14)11(15-9)7-4-5-7/h6-7H,4-5H2,1-3H3. The Bertz CT molecular complexity index is 391. The lowest BCUT2D eigenvalue weighted by atomic mass is 9.91. The van der Waals surface area contributed by atoms with Gasteiger partial charge in [0.15, 0.2) is 5.82 Å². The first kappa shape index (κ1) is 11.1. The predicted octanol–water partition coefficient (Wildman–Crippen LogP) is 4.16. The highest BCUT2D eigenvalue weighted by atomic mass is 79.9. The Hall–Kier alpha value is -0.440. The Morgan fingerprint density at radius 3 is 2.47 bits per heavy atom. The van der Waals surface area contributed by atoms with Crippen molar-refractivity contribution < 1.29 is 4.39 Å². The van der Waals surface area contributed by atoms with Gasteiger partial charge >= 0.3 is 0 Å². The molecule has 82 valence electrons. The van der Waals surface area contributed by atoms with Gasteiger partial charge in [0.1, 0.15) is 0 Å². The molecule has 0 unspecified atom stereocenters. The molecule has 1 aliphatic rings. The molecule has 0 saturated heterocycles. The number of hydrogen-bond acceptors (Lipinski definition) is 1. The second kappa shape index (κ2) is 3.55. The first-order chi connectivity index (χ1) is 6.89. The lowest BCUT2D eigenvalue weighted by Crippen LogP contribution is -2.15. The summed E-state index contributed by atoms with van der Waals surface area (Å²) in [5.41, 5.74) is 1.58. The van der Waals surface area contributed by atoms with E-state index in [0.717, 1.165) is 18.5 Å². The largest absolute Gasteiger partial charge is 0.254 e. The second-order valence-electron chi connectivity index (χ2n) is 5.21. The van der Waals surface area contributed by atoms with Crippen LogP contribution in [0.1, 0.15) is 50.9 Å². The van der Waals surface area contributed by atoms with Crippen molar-refractivity contribution in [2.75, 3.05) is 0 Å². The van der Waals surface area contributed by atoms with Crippen LogP contribution in [0.4, 0.5) is 4.39 Å². The van der Waals surface area contributed by atoms with Crippen molar-refractivity contribution in [1.82, 2.24) is 4.98 Å². The number of aromatic nitrogens is 1. The molecule has 0 amide bonds. The minimum absolute atomic E-state index is 0.0279. The summed E-state index contributed by atoms with van der Waals surface area (Å²) < 4.78 is 14.3. The summed E-state index contributed by atoms with van der Waals surface area (Å²) in [7, 11) is 0. The van der Waals surface area contributed by atoms with E-state index in [1.807, 2.05) is 0 Å². The molecule has 0 radical (unpaired) electrons. The summed E-state index contributed by atoms with van der Waals surface area (Å²) in [6.45, 7) is 6.28. The first-order valence-corrected chi connectivity index (χ1v) is 6.05. The fourth-order valence-corrected chi connectivity index (χ4v) is 1.95. The summed E-state index contributed by atoms with van der Waals surface area (Å²) in [5, 5.41) is 0. The van der Waals surface area contributed by atoms with Crippen LogP contribution in [0.2, 0.25) is 0 Å². The van der Waals surface area contributed by atoms with Gasteiger partial charge in [-0.15, -0.1) is 0 Å². The molecule has 1 heterocycles. The van der Waals surface area contributed by atoms with E-state index in [9.17, 15) is 4.39 Å². The molecule has 0 spiro atoms. The summed E-state index contributed by atoms with van der Waals surface area (Å²) in [5.74, 6) is 0.175. The van der Waals surface area contributed by atoms with Gasteiger partial charge < -0.3 is 0 Å². The molecule has 0 atom stereocenters. The Kier molecular flexibility index (Phi) is 2.61. The highest BCUT2D eigenvalue weighted by Gasteiger charge is 2.31. The smallest absolute Gasteiger partial charge is 0.159 e. The predicted molar refractivity (Wildman–Crippen MR) is 62.6 cm³/mol. The molecule has 1 aromatic heterocycles. The summed E-state index contributed by atoms with van der Waals surface area (Å²) in [6, 6.07) is 1.79. The molecule has 2 rings (SSSR count). The van der Waals surface area contributed by atoms with Crippen molar-refractivity contribution in [3.05, 3.63) is 27.7 Å². The van der Waals surface area contributed by atoms with E-state index in [1.54, 1.807) is 6.07 Å². The van der Waals surface area contributed by atoms with E-state index in [-0.39, 0.29) is 11.2 Å². The number of hydrogen-bond donors (Lipinski definition) is 0. The quantitative estimate of drug-likeness (QED) is 0.748. The van der Waals surface area contributed by atoms with E-state index in [4.69, 9.17) is 0 Å². The SMILES string of the molecule is CC(C)(C)c1cc(Br)c(F)c(C2CC2)n1. The fraction of sp³-hybridized carbons (Fsp3) is 0.583. The molecule has 15 heavy (non-hydrogen) atoms. The molecule has 1 aromatic rings. The van der Waals surface area contributed by atoms with Crippen LogP contribution in [0.15, 0.2) is 10.5 Å². The molecule has 1 aliphatic carbocycles. The van der Waals surface area contributed by atoms with Gasteiger partial charge in [-0.1, -0.05) is 20.8 Å². The molecule has 0 N–H and O–H groups in total. The lowest BCUT2D eigenvalue weighted by Gasteiger charge is -2.19. The molecule has 0 aromatic carbocycles. The first-order valence-electron chi connectivity index (χ1n) is 5.26. The summed E-state index contributed by atoms with van der Waals surface area (Å²) >= 11 is 3.27. The third-order valence-electron chi connectivity index (χ3n) is 2.67. The van der Waals surface area contributed by atoms with Crippen LogP contribution in [0.3, 0.4) is 0 Å². The molecule has 0 aliphatic heterocycles. The number of nitrogens with zero attached hydrogens (tertiary/aromatic N) is 1. The van der Waals surface area contributed by atoms with Crippen molar-refractivity contribution in [2.45, 2.75) is 44.9 Å². The van der Waals surface area contributed by atoms with Crippen LogP contribution in [0.25, 0.3) is 0 Å². The molecular weight excluding hydrogens is 257 g/mol. The van der Waals surface area contributed by atoms with Crippen molar-refractivity contribution in [3.63, 3.8) is 0 Å². The zero-order chi connectivity index (χ0) is 11.2. The van der Waals surface area contributed by atoms with Gasteiger partial charge in [0.25, 0.3) is 0 Å². The normalized spacial score (nSPS) is 16.9. The minimum atomic E-state index is -0.175. The maximum absolute atomic E-state index is 13.8. The van der Waals surface area contributed by atoms with Crippen LogP contribution in [0.5, 0.6) is 0 Å². The van der Waals surface area contributed by atoms with Crippen LogP contribution in [0, 0.1) is 5.82 Å². The Balaban J connectivity index is 2.51. The van der Waals surface area contributed by atoms with Crippen LogP contribution < -0.4 is 0 Å². The zero-order valence-electron chi connectivity index (χ0n) is 9.27. The molecule has 1 saturated carbocycles. The van der Waals surface area contributed by atoms with Gasteiger partial charge in [-0.05, 0) is 34.8 Å². The third-order valence-corrected chi connectivity index (χ3v) is 3.25. The van der Waals surface area contributed by atoms with Gasteiger partial charge in [-0.3, -0.25) is 4.98 Å². The monoisotopic (exact) mass is 271 g/mol. The Morgan fingerprint density at radius 1 is 1.40 bits per heavy atom. The minimum Gasteiger partial charge on any atom is -0.254 e. The van der Waals surface area contributed by atoms with E-state index in [0.29, 0.717) is 16.1 Å². The van der Waals surface area contributed by atoms with Gasteiger partial charge in [0.2, 0.25) is 0 Å². The van der Waals surface area contributed by atoms with Crippen molar-refractivity contribution in [2.24, 2.45) is 0 Å². The van der Waals surface area contributed by atoms with Crippen LogP contribution >= 0.6 is 15.9 Å². The maximum Gasteiger partial charge on any atom is 0.159 e. The average Bonchev–Trinajstić information content (AvgIpc) is 2.90. The van der Waals surface area contributed by atoms with Crippen LogP contribution in [-0.4, -0.2) is 4.98 Å². The van der Waals surface area contributed by atoms with E-state index < -0.39 is 0 Å².